The van der Waals surface area contributed by atoms with Crippen molar-refractivity contribution in [3.63, 3.8) is 0 Å². The van der Waals surface area contributed by atoms with Crippen LogP contribution < -0.4 is 10.5 Å². The van der Waals surface area contributed by atoms with Gasteiger partial charge in [-0.05, 0) is 18.6 Å². The SMILES string of the molecule is Cc1ccc(/C=C/C(=O)Oc2nc[nH]c2C(N)=O)cc1. The third-order valence-corrected chi connectivity index (χ3v) is 2.54. The molecule has 20 heavy (non-hydrogen) atoms. The molecule has 0 radical (unpaired) electrons. The van der Waals surface area contributed by atoms with E-state index in [-0.39, 0.29) is 11.6 Å². The number of nitrogens with two attached hydrogens (primary N) is 1. The molecule has 0 aliphatic rings. The minimum Gasteiger partial charge on any atom is -0.402 e. The maximum absolute atomic E-state index is 11.6. The highest BCUT2D eigenvalue weighted by Gasteiger charge is 2.14. The Kier molecular flexibility index (Phi) is 3.95. The summed E-state index contributed by atoms with van der Waals surface area (Å²) in [4.78, 5) is 28.8. The van der Waals surface area contributed by atoms with Crippen LogP contribution in [0.1, 0.15) is 21.6 Å². The third kappa shape index (κ3) is 3.32. The van der Waals surface area contributed by atoms with Crippen LogP contribution in [-0.4, -0.2) is 21.8 Å². The molecule has 0 unspecified atom stereocenters. The number of hydrogen-bond acceptors (Lipinski definition) is 4. The van der Waals surface area contributed by atoms with Crippen LogP contribution in [0.2, 0.25) is 0 Å². The number of imidazole rings is 1. The van der Waals surface area contributed by atoms with Crippen molar-refractivity contribution in [2.45, 2.75) is 6.92 Å². The number of nitrogens with zero attached hydrogens (tertiary/aromatic N) is 1. The highest BCUT2D eigenvalue weighted by molar-refractivity contribution is 5.95. The molecule has 6 heteroatoms. The molecule has 0 aliphatic heterocycles. The first-order chi connectivity index (χ1) is 9.56. The molecule has 1 aromatic carbocycles. The Morgan fingerprint density at radius 1 is 1.30 bits per heavy atom. The van der Waals surface area contributed by atoms with E-state index in [9.17, 15) is 9.59 Å². The van der Waals surface area contributed by atoms with Gasteiger partial charge in [-0.15, -0.1) is 0 Å². The van der Waals surface area contributed by atoms with Crippen molar-refractivity contribution in [2.75, 3.05) is 0 Å². The average Bonchev–Trinajstić information content (AvgIpc) is 2.86. The number of aryl methyl sites for hydroxylation is 1. The topological polar surface area (TPSA) is 98.1 Å². The van der Waals surface area contributed by atoms with Crippen molar-refractivity contribution in [3.05, 3.63) is 53.5 Å². The van der Waals surface area contributed by atoms with E-state index >= 15 is 0 Å². The Morgan fingerprint density at radius 3 is 2.65 bits per heavy atom. The number of aromatic amines is 1. The Hall–Kier alpha value is -2.89. The molecule has 6 nitrogen and oxygen atoms in total. The maximum atomic E-state index is 11.6. The largest absolute Gasteiger partial charge is 0.402 e. The second kappa shape index (κ2) is 5.83. The van der Waals surface area contributed by atoms with Gasteiger partial charge >= 0.3 is 5.97 Å². The van der Waals surface area contributed by atoms with Gasteiger partial charge in [0, 0.05) is 6.08 Å². The molecular weight excluding hydrogens is 258 g/mol. The van der Waals surface area contributed by atoms with Crippen molar-refractivity contribution in [2.24, 2.45) is 5.73 Å². The minimum atomic E-state index is -0.743. The Labute approximate surface area is 115 Å². The first-order valence-electron chi connectivity index (χ1n) is 5.86. The number of aromatic nitrogens is 2. The molecule has 1 heterocycles. The smallest absolute Gasteiger partial charge is 0.337 e. The number of rotatable bonds is 4. The number of nitrogens with one attached hydrogen (secondary N) is 1. The van der Waals surface area contributed by atoms with Gasteiger partial charge in [0.15, 0.2) is 5.69 Å². The summed E-state index contributed by atoms with van der Waals surface area (Å²) in [5.41, 5.74) is 7.05. The zero-order chi connectivity index (χ0) is 14.5. The van der Waals surface area contributed by atoms with Crippen LogP contribution in [0.25, 0.3) is 6.08 Å². The highest BCUT2D eigenvalue weighted by atomic mass is 16.5. The van der Waals surface area contributed by atoms with Gasteiger partial charge < -0.3 is 15.5 Å². The fraction of sp³-hybridized carbons (Fsp3) is 0.0714. The molecule has 0 bridgehead atoms. The van der Waals surface area contributed by atoms with Crippen molar-refractivity contribution >= 4 is 18.0 Å². The van der Waals surface area contributed by atoms with E-state index in [0.717, 1.165) is 11.1 Å². The fourth-order valence-electron chi connectivity index (χ4n) is 1.51. The molecule has 3 N–H and O–H groups in total. The first-order valence-corrected chi connectivity index (χ1v) is 5.86. The standard InChI is InChI=1S/C14H13N3O3/c1-9-2-4-10(5-3-9)6-7-11(18)20-14-12(13(15)19)16-8-17-14/h2-8H,1H3,(H2,15,19)(H,16,17)/b7-6+. The normalized spacial score (nSPS) is 10.7. The molecule has 102 valence electrons. The number of benzene rings is 1. The first kappa shape index (κ1) is 13.5. The van der Waals surface area contributed by atoms with E-state index in [4.69, 9.17) is 10.5 Å². The second-order valence-electron chi connectivity index (χ2n) is 4.11. The van der Waals surface area contributed by atoms with Crippen molar-refractivity contribution in [1.29, 1.82) is 0 Å². The van der Waals surface area contributed by atoms with Gasteiger partial charge in [0.05, 0.1) is 6.33 Å². The number of H-pyrrole nitrogens is 1. The van der Waals surface area contributed by atoms with E-state index in [0.29, 0.717) is 0 Å². The lowest BCUT2D eigenvalue weighted by molar-refractivity contribution is -0.129. The molecule has 2 aromatic rings. The summed E-state index contributed by atoms with van der Waals surface area (Å²) in [5.74, 6) is -1.51. The van der Waals surface area contributed by atoms with Gasteiger partial charge in [-0.3, -0.25) is 4.79 Å². The van der Waals surface area contributed by atoms with E-state index in [2.05, 4.69) is 9.97 Å². The fourth-order valence-corrected chi connectivity index (χ4v) is 1.51. The number of hydrogen-bond donors (Lipinski definition) is 2. The van der Waals surface area contributed by atoms with E-state index in [1.807, 2.05) is 31.2 Å². The highest BCUT2D eigenvalue weighted by Crippen LogP contribution is 2.12. The molecule has 0 fully saturated rings. The summed E-state index contributed by atoms with van der Waals surface area (Å²) in [6.45, 7) is 1.98. The van der Waals surface area contributed by atoms with Crippen LogP contribution >= 0.6 is 0 Å². The van der Waals surface area contributed by atoms with Gasteiger partial charge in [0.2, 0.25) is 0 Å². The molecule has 0 saturated heterocycles. The van der Waals surface area contributed by atoms with Gasteiger partial charge in [0.25, 0.3) is 11.8 Å². The van der Waals surface area contributed by atoms with Crippen molar-refractivity contribution in [3.8, 4) is 5.88 Å². The van der Waals surface area contributed by atoms with Crippen molar-refractivity contribution < 1.29 is 14.3 Å². The van der Waals surface area contributed by atoms with Crippen LogP contribution in [0.4, 0.5) is 0 Å². The van der Waals surface area contributed by atoms with Crippen LogP contribution in [0, 0.1) is 6.92 Å². The lowest BCUT2D eigenvalue weighted by Gasteiger charge is -1.99. The summed E-state index contributed by atoms with van der Waals surface area (Å²) in [7, 11) is 0. The number of amides is 1. The van der Waals surface area contributed by atoms with E-state index in [1.54, 1.807) is 6.08 Å². The predicted molar refractivity (Wildman–Crippen MR) is 73.0 cm³/mol. The second-order valence-corrected chi connectivity index (χ2v) is 4.11. The predicted octanol–water partition coefficient (Wildman–Crippen LogP) is 1.44. The quantitative estimate of drug-likeness (QED) is 0.649. The van der Waals surface area contributed by atoms with Crippen LogP contribution in [0.5, 0.6) is 5.88 Å². The molecule has 1 aromatic heterocycles. The Balaban J connectivity index is 2.03. The van der Waals surface area contributed by atoms with Gasteiger partial charge in [-0.25, -0.2) is 9.78 Å². The molecular formula is C14H13N3O3. The summed E-state index contributed by atoms with van der Waals surface area (Å²) >= 11 is 0. The van der Waals surface area contributed by atoms with Crippen LogP contribution in [0.3, 0.4) is 0 Å². The number of carbonyl (C=O) groups is 2. The number of ether oxygens (including phenoxy) is 1. The maximum Gasteiger partial charge on any atom is 0.337 e. The van der Waals surface area contributed by atoms with Crippen LogP contribution in [0.15, 0.2) is 36.7 Å². The Morgan fingerprint density at radius 2 is 2.00 bits per heavy atom. The third-order valence-electron chi connectivity index (χ3n) is 2.54. The average molecular weight is 271 g/mol. The summed E-state index contributed by atoms with van der Waals surface area (Å²) in [6.07, 6.45) is 4.09. The molecule has 0 saturated carbocycles. The minimum absolute atomic E-state index is 0.0397. The van der Waals surface area contributed by atoms with Crippen molar-refractivity contribution in [1.82, 2.24) is 9.97 Å². The zero-order valence-electron chi connectivity index (χ0n) is 10.8. The summed E-state index contributed by atoms with van der Waals surface area (Å²) in [6, 6.07) is 7.62. The molecule has 0 atom stereocenters. The number of primary amides is 1. The molecule has 1 amide bonds. The monoisotopic (exact) mass is 271 g/mol. The summed E-state index contributed by atoms with van der Waals surface area (Å²) in [5, 5.41) is 0. The van der Waals surface area contributed by atoms with Gasteiger partial charge in [-0.2, -0.15) is 0 Å². The van der Waals surface area contributed by atoms with Crippen LogP contribution in [-0.2, 0) is 4.79 Å². The molecule has 2 rings (SSSR count). The van der Waals surface area contributed by atoms with Gasteiger partial charge in [-0.1, -0.05) is 29.8 Å². The molecule has 0 spiro atoms. The van der Waals surface area contributed by atoms with Gasteiger partial charge in [0.1, 0.15) is 0 Å². The zero-order valence-corrected chi connectivity index (χ0v) is 10.8. The Bertz CT molecular complexity index is 657. The lowest BCUT2D eigenvalue weighted by Crippen LogP contribution is -2.14. The summed E-state index contributed by atoms with van der Waals surface area (Å²) < 4.78 is 4.92. The lowest BCUT2D eigenvalue weighted by atomic mass is 10.1. The number of carbonyl (C=O) groups excluding carboxylic acids is 2. The number of esters is 1. The van der Waals surface area contributed by atoms with E-state index in [1.165, 1.54) is 12.4 Å². The van der Waals surface area contributed by atoms with E-state index < -0.39 is 11.9 Å². The molecule has 0 aliphatic carbocycles.